The van der Waals surface area contributed by atoms with E-state index in [0.29, 0.717) is 17.9 Å². The quantitative estimate of drug-likeness (QED) is 0.232. The maximum Gasteiger partial charge on any atom is 0.272 e. The number of benzene rings is 3. The van der Waals surface area contributed by atoms with Crippen molar-refractivity contribution in [3.63, 3.8) is 0 Å². The van der Waals surface area contributed by atoms with Gasteiger partial charge in [-0.1, -0.05) is 24.3 Å². The predicted molar refractivity (Wildman–Crippen MR) is 149 cm³/mol. The van der Waals surface area contributed by atoms with E-state index < -0.39 is 34.1 Å². The lowest BCUT2D eigenvalue weighted by atomic mass is 9.96. The molecule has 0 aliphatic heterocycles. The van der Waals surface area contributed by atoms with Crippen molar-refractivity contribution in [3.05, 3.63) is 116 Å². The summed E-state index contributed by atoms with van der Waals surface area (Å²) in [7, 11) is 0. The SMILES string of the molecule is CCOc1ccc(C(NC(C)c2cc(F)cc(F)c2)c2cccc(Nc3c(OC(C)(C)C)c(=O)c3=O)c2)cc1. The lowest BCUT2D eigenvalue weighted by Gasteiger charge is -2.26. The Bertz CT molecular complexity index is 1500. The maximum absolute atomic E-state index is 13.9. The van der Waals surface area contributed by atoms with Crippen LogP contribution in [0.4, 0.5) is 20.2 Å². The van der Waals surface area contributed by atoms with Gasteiger partial charge in [0.05, 0.1) is 12.6 Å². The van der Waals surface area contributed by atoms with Crippen LogP contribution in [0.3, 0.4) is 0 Å². The van der Waals surface area contributed by atoms with Crippen LogP contribution in [-0.2, 0) is 0 Å². The van der Waals surface area contributed by atoms with Gasteiger partial charge in [-0.25, -0.2) is 8.78 Å². The van der Waals surface area contributed by atoms with Crippen LogP contribution >= 0.6 is 0 Å². The second-order valence-electron chi connectivity index (χ2n) is 10.4. The van der Waals surface area contributed by atoms with Gasteiger partial charge in [-0.15, -0.1) is 0 Å². The monoisotopic (exact) mass is 534 g/mol. The summed E-state index contributed by atoms with van der Waals surface area (Å²) in [4.78, 5) is 24.4. The molecule has 8 heteroatoms. The van der Waals surface area contributed by atoms with Gasteiger partial charge in [0.2, 0.25) is 0 Å². The molecule has 0 saturated heterocycles. The minimum absolute atomic E-state index is 0.0147. The Balaban J connectivity index is 1.68. The van der Waals surface area contributed by atoms with Gasteiger partial charge < -0.3 is 14.8 Å². The van der Waals surface area contributed by atoms with Crippen LogP contribution < -0.4 is 31.0 Å². The third-order valence-corrected chi connectivity index (χ3v) is 6.09. The molecule has 2 N–H and O–H groups in total. The van der Waals surface area contributed by atoms with Gasteiger partial charge in [-0.3, -0.25) is 14.9 Å². The van der Waals surface area contributed by atoms with Gasteiger partial charge in [0.1, 0.15) is 28.7 Å². The van der Waals surface area contributed by atoms with Gasteiger partial charge in [0.25, 0.3) is 10.9 Å². The average molecular weight is 535 g/mol. The van der Waals surface area contributed by atoms with Gasteiger partial charge in [0, 0.05) is 17.8 Å². The predicted octanol–water partition coefficient (Wildman–Crippen LogP) is 6.32. The second kappa shape index (κ2) is 11.4. The van der Waals surface area contributed by atoms with Crippen LogP contribution in [0.1, 0.15) is 63.4 Å². The van der Waals surface area contributed by atoms with E-state index in [-0.39, 0.29) is 17.5 Å². The van der Waals surface area contributed by atoms with Crippen LogP contribution in [-0.4, -0.2) is 12.2 Å². The Labute approximate surface area is 226 Å². The lowest BCUT2D eigenvalue weighted by Crippen LogP contribution is -2.39. The van der Waals surface area contributed by atoms with Gasteiger partial charge in [-0.2, -0.15) is 0 Å². The van der Waals surface area contributed by atoms with Crippen molar-refractivity contribution in [2.24, 2.45) is 0 Å². The van der Waals surface area contributed by atoms with Crippen LogP contribution in [0.5, 0.6) is 11.5 Å². The minimum atomic E-state index is -0.659. The highest BCUT2D eigenvalue weighted by molar-refractivity contribution is 5.70. The van der Waals surface area contributed by atoms with Crippen molar-refractivity contribution in [2.45, 2.75) is 52.3 Å². The maximum atomic E-state index is 13.9. The summed E-state index contributed by atoms with van der Waals surface area (Å²) in [6, 6.07) is 17.6. The number of hydrogen-bond acceptors (Lipinski definition) is 6. The van der Waals surface area contributed by atoms with Gasteiger partial charge >= 0.3 is 0 Å². The first-order valence-electron chi connectivity index (χ1n) is 12.8. The van der Waals surface area contributed by atoms with Gasteiger partial charge in [0.15, 0.2) is 5.75 Å². The first-order valence-corrected chi connectivity index (χ1v) is 12.8. The molecular weight excluding hydrogens is 502 g/mol. The topological polar surface area (TPSA) is 76.7 Å². The molecule has 0 amide bonds. The fraction of sp³-hybridized carbons (Fsp3) is 0.290. The van der Waals surface area contributed by atoms with E-state index >= 15 is 0 Å². The minimum Gasteiger partial charge on any atom is -0.494 e. The van der Waals surface area contributed by atoms with Crippen molar-refractivity contribution in [1.29, 1.82) is 0 Å². The van der Waals surface area contributed by atoms with Crippen LogP contribution in [0.2, 0.25) is 0 Å². The largest absolute Gasteiger partial charge is 0.494 e. The molecule has 6 nitrogen and oxygen atoms in total. The highest BCUT2D eigenvalue weighted by Crippen LogP contribution is 2.31. The van der Waals surface area contributed by atoms with E-state index in [1.165, 1.54) is 12.1 Å². The molecular formula is C31H32F2N2O4. The Morgan fingerprint density at radius 3 is 2.13 bits per heavy atom. The normalized spacial score (nSPS) is 13.2. The van der Waals surface area contributed by atoms with Crippen molar-refractivity contribution < 1.29 is 18.3 Å². The molecule has 39 heavy (non-hydrogen) atoms. The summed E-state index contributed by atoms with van der Waals surface area (Å²) in [5.41, 5.74) is 0.939. The standard InChI is InChI=1S/C31H32F2N2O4/c1-6-38-25-12-10-19(11-13-25)26(34-18(2)21-14-22(32)17-23(33)15-21)20-8-7-9-24(16-20)35-27-28(36)29(37)30(27)39-31(3,4)5/h7-18,26,34-35H,6H2,1-5H3. The fourth-order valence-electron chi connectivity index (χ4n) is 4.31. The molecule has 2 atom stereocenters. The number of halogens is 2. The summed E-state index contributed by atoms with van der Waals surface area (Å²) in [5.74, 6) is -0.560. The molecule has 0 saturated carbocycles. The molecule has 204 valence electrons. The Hall–Kier alpha value is -4.04. The summed E-state index contributed by atoms with van der Waals surface area (Å²) >= 11 is 0. The van der Waals surface area contributed by atoms with Gasteiger partial charge in [-0.05, 0) is 87.7 Å². The third-order valence-electron chi connectivity index (χ3n) is 6.09. The molecule has 4 aromatic carbocycles. The third kappa shape index (κ3) is 6.70. The molecule has 0 radical (unpaired) electrons. The highest BCUT2D eigenvalue weighted by Gasteiger charge is 2.27. The van der Waals surface area contributed by atoms with Crippen molar-refractivity contribution in [2.75, 3.05) is 11.9 Å². The van der Waals surface area contributed by atoms with Crippen molar-refractivity contribution in [1.82, 2.24) is 5.32 Å². The zero-order valence-corrected chi connectivity index (χ0v) is 22.6. The highest BCUT2D eigenvalue weighted by atomic mass is 19.1. The van der Waals surface area contributed by atoms with E-state index in [1.807, 2.05) is 56.3 Å². The fourth-order valence-corrected chi connectivity index (χ4v) is 4.31. The van der Waals surface area contributed by atoms with Crippen LogP contribution in [0.15, 0.2) is 76.3 Å². The summed E-state index contributed by atoms with van der Waals surface area (Å²) in [5, 5.41) is 6.52. The average Bonchev–Trinajstić information content (AvgIpc) is 2.88. The number of rotatable bonds is 10. The number of nitrogens with one attached hydrogen (secondary N) is 2. The molecule has 0 aliphatic carbocycles. The molecule has 4 aromatic rings. The number of ether oxygens (including phenoxy) is 2. The lowest BCUT2D eigenvalue weighted by molar-refractivity contribution is 0.128. The summed E-state index contributed by atoms with van der Waals surface area (Å²) < 4.78 is 39.2. The van der Waals surface area contributed by atoms with Crippen molar-refractivity contribution >= 4 is 11.4 Å². The molecule has 0 aromatic heterocycles. The summed E-state index contributed by atoms with van der Waals surface area (Å²) in [6.45, 7) is 9.67. The number of hydrogen-bond donors (Lipinski definition) is 2. The van der Waals surface area contributed by atoms with E-state index in [9.17, 15) is 18.4 Å². The van der Waals surface area contributed by atoms with E-state index in [1.54, 1.807) is 26.8 Å². The van der Waals surface area contributed by atoms with E-state index in [0.717, 1.165) is 22.9 Å². The molecule has 0 fully saturated rings. The molecule has 0 bridgehead atoms. The number of anilines is 2. The zero-order chi connectivity index (χ0) is 28.3. The Morgan fingerprint density at radius 1 is 0.846 bits per heavy atom. The smallest absolute Gasteiger partial charge is 0.272 e. The van der Waals surface area contributed by atoms with E-state index in [4.69, 9.17) is 9.47 Å². The van der Waals surface area contributed by atoms with Crippen LogP contribution in [0.25, 0.3) is 0 Å². The Kier molecular flexibility index (Phi) is 8.16. The Morgan fingerprint density at radius 2 is 1.51 bits per heavy atom. The van der Waals surface area contributed by atoms with E-state index in [2.05, 4.69) is 10.6 Å². The molecule has 0 aliphatic rings. The molecule has 0 spiro atoms. The molecule has 4 rings (SSSR count). The first-order chi connectivity index (χ1) is 18.4. The van der Waals surface area contributed by atoms with Crippen LogP contribution in [0, 0.1) is 11.6 Å². The zero-order valence-electron chi connectivity index (χ0n) is 22.6. The molecule has 0 heterocycles. The second-order valence-corrected chi connectivity index (χ2v) is 10.4. The van der Waals surface area contributed by atoms with Crippen molar-refractivity contribution in [3.8, 4) is 11.5 Å². The molecule has 2 unspecified atom stereocenters. The summed E-state index contributed by atoms with van der Waals surface area (Å²) in [6.07, 6.45) is 0. The first kappa shape index (κ1) is 28.0.